The van der Waals surface area contributed by atoms with Crippen molar-refractivity contribution in [3.05, 3.63) is 0 Å². The number of Topliss-reactive ketones (excluding diaryl/α,β-unsaturated/α-hetero) is 1. The maximum absolute atomic E-state index is 10.3. The number of hydrogen-bond acceptors (Lipinski definition) is 6. The molecule has 0 aromatic heterocycles. The van der Waals surface area contributed by atoms with Crippen LogP contribution in [0.15, 0.2) is 0 Å². The van der Waals surface area contributed by atoms with Crippen molar-refractivity contribution in [1.29, 1.82) is 0 Å². The molecule has 0 fully saturated rings. The van der Waals surface area contributed by atoms with Crippen LogP contribution >= 0.6 is 0 Å². The van der Waals surface area contributed by atoms with E-state index in [1.807, 2.05) is 0 Å². The van der Waals surface area contributed by atoms with Crippen LogP contribution in [0, 0.1) is 0 Å². The summed E-state index contributed by atoms with van der Waals surface area (Å²) < 4.78 is 0. The Morgan fingerprint density at radius 1 is 0.895 bits per heavy atom. The van der Waals surface area contributed by atoms with Crippen LogP contribution in [-0.4, -0.2) is 51.6 Å². The highest BCUT2D eigenvalue weighted by molar-refractivity contribution is 5.83. The Balaban J connectivity index is 0. The van der Waals surface area contributed by atoms with E-state index in [0.29, 0.717) is 0 Å². The van der Waals surface area contributed by atoms with Crippen molar-refractivity contribution in [2.75, 3.05) is 6.54 Å². The molecule has 9 heteroatoms. The molecular formula is C10H18N2O7. The van der Waals surface area contributed by atoms with Gasteiger partial charge in [-0.15, -0.1) is 0 Å². The van der Waals surface area contributed by atoms with Gasteiger partial charge in [0.25, 0.3) is 0 Å². The largest absolute Gasteiger partial charge is 0.481 e. The van der Waals surface area contributed by atoms with Crippen LogP contribution in [0.2, 0.25) is 0 Å². The van der Waals surface area contributed by atoms with E-state index in [0.717, 1.165) is 0 Å². The quantitative estimate of drug-likeness (QED) is 0.358. The lowest BCUT2D eigenvalue weighted by Gasteiger charge is -2.01. The monoisotopic (exact) mass is 278 g/mol. The number of hydrogen-bond donors (Lipinski definition) is 5. The fourth-order valence-corrected chi connectivity index (χ4v) is 0.751. The average Bonchev–Trinajstić information content (AvgIpc) is 2.33. The summed E-state index contributed by atoms with van der Waals surface area (Å²) in [6.45, 7) is -0.0622. The Morgan fingerprint density at radius 2 is 1.37 bits per heavy atom. The van der Waals surface area contributed by atoms with Gasteiger partial charge in [-0.2, -0.15) is 0 Å². The zero-order chi connectivity index (χ0) is 15.4. The fourth-order valence-electron chi connectivity index (χ4n) is 0.751. The molecule has 0 aliphatic heterocycles. The highest BCUT2D eigenvalue weighted by Gasteiger charge is 2.12. The van der Waals surface area contributed by atoms with Crippen molar-refractivity contribution < 1.29 is 34.5 Å². The minimum absolute atomic E-state index is 0.0231. The molecule has 0 aromatic carbocycles. The lowest BCUT2D eigenvalue weighted by molar-refractivity contribution is -0.140. The molecule has 9 nitrogen and oxygen atoms in total. The van der Waals surface area contributed by atoms with Gasteiger partial charge in [0.05, 0.1) is 13.0 Å². The number of ketones is 1. The van der Waals surface area contributed by atoms with Gasteiger partial charge in [0.2, 0.25) is 0 Å². The molecule has 0 radical (unpaired) electrons. The first-order valence-electron chi connectivity index (χ1n) is 5.34. The molecule has 110 valence electrons. The molecule has 0 spiro atoms. The van der Waals surface area contributed by atoms with Crippen molar-refractivity contribution in [3.63, 3.8) is 0 Å². The summed E-state index contributed by atoms with van der Waals surface area (Å²) in [5.74, 6) is -3.37. The van der Waals surface area contributed by atoms with E-state index >= 15 is 0 Å². The van der Waals surface area contributed by atoms with Crippen molar-refractivity contribution in [2.24, 2.45) is 11.5 Å². The lowest BCUT2D eigenvalue weighted by atomic mass is 10.2. The molecule has 19 heavy (non-hydrogen) atoms. The molecule has 0 amide bonds. The van der Waals surface area contributed by atoms with Gasteiger partial charge in [0, 0.05) is 12.8 Å². The van der Waals surface area contributed by atoms with Gasteiger partial charge in [0.15, 0.2) is 0 Å². The molecular weight excluding hydrogens is 260 g/mol. The third-order valence-electron chi connectivity index (χ3n) is 1.83. The van der Waals surface area contributed by atoms with Gasteiger partial charge in [-0.25, -0.2) is 0 Å². The van der Waals surface area contributed by atoms with Crippen LogP contribution in [0.3, 0.4) is 0 Å². The summed E-state index contributed by atoms with van der Waals surface area (Å²) in [7, 11) is 0. The first-order valence-corrected chi connectivity index (χ1v) is 5.34. The van der Waals surface area contributed by atoms with Crippen molar-refractivity contribution in [1.82, 2.24) is 0 Å². The van der Waals surface area contributed by atoms with Crippen molar-refractivity contribution in [2.45, 2.75) is 31.7 Å². The molecule has 0 aliphatic carbocycles. The molecule has 7 N–H and O–H groups in total. The van der Waals surface area contributed by atoms with Crippen molar-refractivity contribution >= 4 is 23.7 Å². The summed E-state index contributed by atoms with van der Waals surface area (Å²) in [5, 5.41) is 24.3. The Bertz CT molecular complexity index is 330. The van der Waals surface area contributed by atoms with Gasteiger partial charge >= 0.3 is 17.9 Å². The Morgan fingerprint density at radius 3 is 1.68 bits per heavy atom. The number of carbonyl (C=O) groups excluding carboxylic acids is 1. The Labute approximate surface area is 109 Å². The van der Waals surface area contributed by atoms with Crippen LogP contribution < -0.4 is 11.5 Å². The molecule has 0 rings (SSSR count). The summed E-state index contributed by atoms with van der Waals surface area (Å²) in [6, 6.07) is -1.06. The minimum Gasteiger partial charge on any atom is -0.481 e. The van der Waals surface area contributed by atoms with Crippen LogP contribution in [-0.2, 0) is 19.2 Å². The zero-order valence-corrected chi connectivity index (χ0v) is 10.2. The van der Waals surface area contributed by atoms with E-state index in [1.165, 1.54) is 0 Å². The predicted octanol–water partition coefficient (Wildman–Crippen LogP) is -1.36. The van der Waals surface area contributed by atoms with E-state index < -0.39 is 23.9 Å². The van der Waals surface area contributed by atoms with Crippen molar-refractivity contribution in [3.8, 4) is 0 Å². The number of carbonyl (C=O) groups is 4. The van der Waals surface area contributed by atoms with Crippen LogP contribution in [0.1, 0.15) is 25.7 Å². The smallest absolute Gasteiger partial charge is 0.320 e. The molecule has 0 saturated carbocycles. The highest BCUT2D eigenvalue weighted by atomic mass is 16.4. The second-order valence-electron chi connectivity index (χ2n) is 3.51. The number of rotatable bonds is 8. The van der Waals surface area contributed by atoms with E-state index in [4.69, 9.17) is 26.8 Å². The molecule has 0 aliphatic rings. The van der Waals surface area contributed by atoms with Crippen LogP contribution in [0.5, 0.6) is 0 Å². The summed E-state index contributed by atoms with van der Waals surface area (Å²) in [4.78, 5) is 40.0. The second kappa shape index (κ2) is 11.1. The van der Waals surface area contributed by atoms with Crippen LogP contribution in [0.25, 0.3) is 0 Å². The zero-order valence-electron chi connectivity index (χ0n) is 10.2. The molecule has 1 unspecified atom stereocenters. The maximum atomic E-state index is 10.3. The molecule has 1 atom stereocenters. The topological polar surface area (TPSA) is 181 Å². The molecule has 0 heterocycles. The standard InChI is InChI=1S/C5H9NO4.C5H9NO3/c6-3(5(9)10)1-2-4(7)8;6-3-4(7)1-2-5(8)9/h3H,1-2,6H2,(H,7,8)(H,9,10);1-3,6H2,(H,8,9). The van der Waals surface area contributed by atoms with E-state index in [1.54, 1.807) is 0 Å². The van der Waals surface area contributed by atoms with E-state index in [2.05, 4.69) is 0 Å². The maximum Gasteiger partial charge on any atom is 0.320 e. The highest BCUT2D eigenvalue weighted by Crippen LogP contribution is 1.93. The Kier molecular flexibility index (Phi) is 11.3. The molecule has 0 bridgehead atoms. The number of nitrogens with two attached hydrogens (primary N) is 2. The predicted molar refractivity (Wildman–Crippen MR) is 63.4 cm³/mol. The minimum atomic E-state index is -1.17. The number of carboxylic acids is 3. The fraction of sp³-hybridized carbons (Fsp3) is 0.600. The molecule has 0 aromatic rings. The third-order valence-corrected chi connectivity index (χ3v) is 1.83. The first-order chi connectivity index (χ1) is 8.70. The number of aliphatic carboxylic acids is 3. The Hall–Kier alpha value is -2.00. The van der Waals surface area contributed by atoms with Gasteiger partial charge < -0.3 is 26.8 Å². The first kappa shape index (κ1) is 19.3. The third kappa shape index (κ3) is 16.0. The van der Waals surface area contributed by atoms with E-state index in [9.17, 15) is 19.2 Å². The summed E-state index contributed by atoms with van der Waals surface area (Å²) >= 11 is 0. The second-order valence-corrected chi connectivity index (χ2v) is 3.51. The van der Waals surface area contributed by atoms with Gasteiger partial charge in [-0.3, -0.25) is 19.2 Å². The summed E-state index contributed by atoms with van der Waals surface area (Å²) in [6.07, 6.45) is -0.292. The number of carboxylic acid groups (broad SMARTS) is 3. The normalized spacial score (nSPS) is 10.8. The van der Waals surface area contributed by atoms with E-state index in [-0.39, 0.29) is 38.0 Å². The lowest BCUT2D eigenvalue weighted by Crippen LogP contribution is -2.30. The SMILES string of the molecule is NC(CCC(=O)O)C(=O)O.NCC(=O)CCC(=O)O. The molecule has 0 saturated heterocycles. The van der Waals surface area contributed by atoms with Gasteiger partial charge in [0.1, 0.15) is 11.8 Å². The van der Waals surface area contributed by atoms with Gasteiger partial charge in [-0.1, -0.05) is 0 Å². The van der Waals surface area contributed by atoms with Crippen LogP contribution in [0.4, 0.5) is 0 Å². The summed E-state index contributed by atoms with van der Waals surface area (Å²) in [5.41, 5.74) is 9.92. The van der Waals surface area contributed by atoms with Gasteiger partial charge in [-0.05, 0) is 6.42 Å². The average molecular weight is 278 g/mol.